The minimum Gasteiger partial charge on any atom is -0.316 e. The van der Waals surface area contributed by atoms with E-state index in [2.05, 4.69) is 49.5 Å². The molecule has 1 unspecified atom stereocenters. The molecular weight excluding hydrogens is 170 g/mol. The lowest BCUT2D eigenvalue weighted by atomic mass is 9.68. The summed E-state index contributed by atoms with van der Waals surface area (Å²) in [7, 11) is 0. The Morgan fingerprint density at radius 2 is 2.00 bits per heavy atom. The van der Waals surface area contributed by atoms with Gasteiger partial charge in [0.05, 0.1) is 0 Å². The van der Waals surface area contributed by atoms with Gasteiger partial charge in [0, 0.05) is 0 Å². The molecule has 0 bridgehead atoms. The monoisotopic (exact) mass is 189 g/mol. The zero-order valence-corrected chi connectivity index (χ0v) is 9.09. The van der Waals surface area contributed by atoms with E-state index < -0.39 is 0 Å². The van der Waals surface area contributed by atoms with Crippen LogP contribution in [-0.2, 0) is 5.41 Å². The van der Waals surface area contributed by atoms with Crippen LogP contribution in [0.2, 0.25) is 0 Å². The molecular formula is C13H19N. The molecule has 0 spiro atoms. The fraction of sp³-hybridized carbons (Fsp3) is 0.538. The van der Waals surface area contributed by atoms with Crippen LogP contribution in [0, 0.1) is 5.92 Å². The Bertz CT molecular complexity index is 293. The van der Waals surface area contributed by atoms with Crippen molar-refractivity contribution >= 4 is 0 Å². The van der Waals surface area contributed by atoms with E-state index in [1.54, 1.807) is 0 Å². The highest BCUT2D eigenvalue weighted by Gasteiger charge is 2.34. The highest BCUT2D eigenvalue weighted by molar-refractivity contribution is 5.26. The largest absolute Gasteiger partial charge is 0.316 e. The second-order valence-corrected chi connectivity index (χ2v) is 4.64. The molecule has 1 saturated heterocycles. The van der Waals surface area contributed by atoms with Crippen LogP contribution in [-0.4, -0.2) is 13.1 Å². The van der Waals surface area contributed by atoms with E-state index in [0.29, 0.717) is 5.41 Å². The van der Waals surface area contributed by atoms with Gasteiger partial charge >= 0.3 is 0 Å². The molecule has 2 rings (SSSR count). The second kappa shape index (κ2) is 3.74. The second-order valence-electron chi connectivity index (χ2n) is 4.64. The Morgan fingerprint density at radius 1 is 1.29 bits per heavy atom. The van der Waals surface area contributed by atoms with Crippen molar-refractivity contribution in [2.24, 2.45) is 5.92 Å². The van der Waals surface area contributed by atoms with Crippen LogP contribution in [0.25, 0.3) is 0 Å². The van der Waals surface area contributed by atoms with Crippen LogP contribution in [0.5, 0.6) is 0 Å². The van der Waals surface area contributed by atoms with E-state index in [1.165, 1.54) is 12.0 Å². The molecule has 0 amide bonds. The first-order valence-corrected chi connectivity index (χ1v) is 5.50. The van der Waals surface area contributed by atoms with Crippen molar-refractivity contribution in [3.8, 4) is 0 Å². The summed E-state index contributed by atoms with van der Waals surface area (Å²) in [4.78, 5) is 0. The molecule has 1 fully saturated rings. The van der Waals surface area contributed by atoms with Crippen LogP contribution < -0.4 is 5.32 Å². The fourth-order valence-electron chi connectivity index (χ4n) is 2.39. The molecule has 14 heavy (non-hydrogen) atoms. The maximum absolute atomic E-state index is 3.46. The third-order valence-corrected chi connectivity index (χ3v) is 3.79. The number of nitrogens with one attached hydrogen (secondary N) is 1. The first kappa shape index (κ1) is 9.72. The fourth-order valence-corrected chi connectivity index (χ4v) is 2.39. The standard InChI is InChI=1S/C13H19N/c1-11-10-14-9-8-13(11,2)12-6-4-3-5-7-12/h3-7,11,14H,8-10H2,1-2H3/t11?,13-/m0/s1. The van der Waals surface area contributed by atoms with Crippen molar-refractivity contribution in [3.63, 3.8) is 0 Å². The van der Waals surface area contributed by atoms with E-state index in [1.807, 2.05) is 0 Å². The van der Waals surface area contributed by atoms with Gasteiger partial charge in [0.25, 0.3) is 0 Å². The number of benzene rings is 1. The number of hydrogen-bond acceptors (Lipinski definition) is 1. The number of rotatable bonds is 1. The van der Waals surface area contributed by atoms with Crippen LogP contribution in [0.1, 0.15) is 25.8 Å². The lowest BCUT2D eigenvalue weighted by Gasteiger charge is -2.40. The molecule has 0 aliphatic carbocycles. The molecule has 1 aliphatic rings. The number of hydrogen-bond donors (Lipinski definition) is 1. The van der Waals surface area contributed by atoms with Crippen molar-refractivity contribution in [1.82, 2.24) is 5.32 Å². The zero-order chi connectivity index (χ0) is 10.0. The topological polar surface area (TPSA) is 12.0 Å². The highest BCUT2D eigenvalue weighted by Crippen LogP contribution is 2.36. The SMILES string of the molecule is CC1CNCC[C@]1(C)c1ccccc1. The summed E-state index contributed by atoms with van der Waals surface area (Å²) in [6.45, 7) is 7.04. The van der Waals surface area contributed by atoms with Crippen LogP contribution in [0.15, 0.2) is 30.3 Å². The van der Waals surface area contributed by atoms with Gasteiger partial charge < -0.3 is 5.32 Å². The summed E-state index contributed by atoms with van der Waals surface area (Å²) in [5, 5.41) is 3.46. The molecule has 1 heterocycles. The molecule has 0 aromatic heterocycles. The normalized spacial score (nSPS) is 32.9. The van der Waals surface area contributed by atoms with Crippen molar-refractivity contribution in [1.29, 1.82) is 0 Å². The van der Waals surface area contributed by atoms with Crippen molar-refractivity contribution < 1.29 is 0 Å². The average molecular weight is 189 g/mol. The predicted molar refractivity (Wildman–Crippen MR) is 60.4 cm³/mol. The van der Waals surface area contributed by atoms with Gasteiger partial charge in [0.15, 0.2) is 0 Å². The molecule has 0 radical (unpaired) electrons. The Labute approximate surface area is 86.5 Å². The average Bonchev–Trinajstić information content (AvgIpc) is 2.24. The van der Waals surface area contributed by atoms with Crippen molar-refractivity contribution in [3.05, 3.63) is 35.9 Å². The Kier molecular flexibility index (Phi) is 2.60. The first-order chi connectivity index (χ1) is 6.73. The summed E-state index contributed by atoms with van der Waals surface area (Å²) < 4.78 is 0. The van der Waals surface area contributed by atoms with Crippen LogP contribution in [0.4, 0.5) is 0 Å². The van der Waals surface area contributed by atoms with Gasteiger partial charge in [-0.25, -0.2) is 0 Å². The summed E-state index contributed by atoms with van der Waals surface area (Å²) in [6.07, 6.45) is 1.25. The summed E-state index contributed by atoms with van der Waals surface area (Å²) in [5.74, 6) is 0.721. The summed E-state index contributed by atoms with van der Waals surface area (Å²) >= 11 is 0. The Balaban J connectivity index is 2.30. The summed E-state index contributed by atoms with van der Waals surface area (Å²) in [5.41, 5.74) is 1.86. The maximum Gasteiger partial charge on any atom is -0.00147 e. The molecule has 1 heteroatoms. The van der Waals surface area contributed by atoms with Gasteiger partial charge in [-0.2, -0.15) is 0 Å². The van der Waals surface area contributed by atoms with E-state index in [9.17, 15) is 0 Å². The molecule has 0 saturated carbocycles. The third-order valence-electron chi connectivity index (χ3n) is 3.79. The van der Waals surface area contributed by atoms with E-state index in [0.717, 1.165) is 19.0 Å². The maximum atomic E-state index is 3.46. The molecule has 1 nitrogen and oxygen atoms in total. The molecule has 2 atom stereocenters. The highest BCUT2D eigenvalue weighted by atomic mass is 14.9. The third kappa shape index (κ3) is 1.57. The molecule has 1 aromatic carbocycles. The van der Waals surface area contributed by atoms with Gasteiger partial charge in [-0.3, -0.25) is 0 Å². The Morgan fingerprint density at radius 3 is 2.64 bits per heavy atom. The minimum absolute atomic E-state index is 0.368. The lowest BCUT2D eigenvalue weighted by molar-refractivity contribution is 0.238. The predicted octanol–water partition coefficient (Wildman–Crippen LogP) is 2.57. The quantitative estimate of drug-likeness (QED) is 0.716. The lowest BCUT2D eigenvalue weighted by Crippen LogP contribution is -2.44. The van der Waals surface area contributed by atoms with Gasteiger partial charge in [-0.05, 0) is 36.4 Å². The van der Waals surface area contributed by atoms with Crippen LogP contribution in [0.3, 0.4) is 0 Å². The number of piperidine rings is 1. The zero-order valence-electron chi connectivity index (χ0n) is 9.09. The van der Waals surface area contributed by atoms with Gasteiger partial charge in [-0.1, -0.05) is 44.2 Å². The van der Waals surface area contributed by atoms with E-state index in [4.69, 9.17) is 0 Å². The van der Waals surface area contributed by atoms with Gasteiger partial charge in [0.1, 0.15) is 0 Å². The minimum atomic E-state index is 0.368. The smallest absolute Gasteiger partial charge is 0.00147 e. The molecule has 76 valence electrons. The van der Waals surface area contributed by atoms with Crippen LogP contribution >= 0.6 is 0 Å². The van der Waals surface area contributed by atoms with E-state index >= 15 is 0 Å². The van der Waals surface area contributed by atoms with E-state index in [-0.39, 0.29) is 0 Å². The molecule has 1 aliphatic heterocycles. The van der Waals surface area contributed by atoms with Gasteiger partial charge in [-0.15, -0.1) is 0 Å². The Hall–Kier alpha value is -0.820. The van der Waals surface area contributed by atoms with Crippen molar-refractivity contribution in [2.75, 3.05) is 13.1 Å². The summed E-state index contributed by atoms with van der Waals surface area (Å²) in [6, 6.07) is 10.9. The van der Waals surface area contributed by atoms with Gasteiger partial charge in [0.2, 0.25) is 0 Å². The molecule has 1 N–H and O–H groups in total. The molecule has 1 aromatic rings. The first-order valence-electron chi connectivity index (χ1n) is 5.50. The van der Waals surface area contributed by atoms with Crippen molar-refractivity contribution in [2.45, 2.75) is 25.7 Å².